The van der Waals surface area contributed by atoms with Gasteiger partial charge >= 0.3 is 17.6 Å². The lowest BCUT2D eigenvalue weighted by Gasteiger charge is -2.34. The Labute approximate surface area is 189 Å². The van der Waals surface area contributed by atoms with Crippen LogP contribution in [0.2, 0.25) is 12.1 Å². The van der Waals surface area contributed by atoms with E-state index in [1.165, 1.54) is 0 Å². The van der Waals surface area contributed by atoms with Crippen LogP contribution < -0.4 is 0 Å². The van der Waals surface area contributed by atoms with Gasteiger partial charge in [0, 0.05) is 65.4 Å². The van der Waals surface area contributed by atoms with Crippen molar-refractivity contribution in [1.29, 1.82) is 0 Å². The predicted octanol–water partition coefficient (Wildman–Crippen LogP) is 2.92. The highest BCUT2D eigenvalue weighted by Crippen LogP contribution is 2.25. The van der Waals surface area contributed by atoms with Crippen LogP contribution in [0.5, 0.6) is 0 Å². The van der Waals surface area contributed by atoms with Gasteiger partial charge in [0.1, 0.15) is 0 Å². The van der Waals surface area contributed by atoms with Gasteiger partial charge in [-0.2, -0.15) is 12.6 Å². The Morgan fingerprint density at radius 2 is 1.23 bits per heavy atom. The molecule has 0 radical (unpaired) electrons. The van der Waals surface area contributed by atoms with Crippen LogP contribution in [0.3, 0.4) is 0 Å². The minimum atomic E-state index is -2.61. The molecule has 0 N–H and O–H groups in total. The van der Waals surface area contributed by atoms with Gasteiger partial charge in [-0.15, -0.1) is 0 Å². The van der Waals surface area contributed by atoms with Gasteiger partial charge in [-0.25, -0.2) is 0 Å². The number of methoxy groups -OCH3 is 1. The Morgan fingerprint density at radius 3 is 1.77 bits per heavy atom. The third-order valence-corrected chi connectivity index (χ3v) is 11.0. The second-order valence-electron chi connectivity index (χ2n) is 7.41. The first-order valence-corrected chi connectivity index (χ1v) is 15.8. The molecule has 0 amide bonds. The quantitative estimate of drug-likeness (QED) is 0.192. The van der Waals surface area contributed by atoms with E-state index in [1.807, 2.05) is 0 Å². The molecule has 2 aliphatic rings. The average Bonchev–Trinajstić information content (AvgIpc) is 2.78. The van der Waals surface area contributed by atoms with E-state index in [-0.39, 0.29) is 0 Å². The van der Waals surface area contributed by atoms with E-state index in [2.05, 4.69) is 12.6 Å². The van der Waals surface area contributed by atoms with Gasteiger partial charge in [-0.1, -0.05) is 0 Å². The number of rotatable bonds is 17. The van der Waals surface area contributed by atoms with Gasteiger partial charge in [-0.3, -0.25) is 0 Å². The zero-order valence-corrected chi connectivity index (χ0v) is 21.3. The Bertz CT molecular complexity index is 423. The van der Waals surface area contributed by atoms with Crippen LogP contribution in [0.4, 0.5) is 0 Å². The second-order valence-corrected chi connectivity index (χ2v) is 13.3. The fourth-order valence-corrected chi connectivity index (χ4v) is 8.90. The number of thiol groups is 1. The molecule has 0 aliphatic carbocycles. The van der Waals surface area contributed by atoms with Crippen LogP contribution in [0.15, 0.2) is 0 Å². The summed E-state index contributed by atoms with van der Waals surface area (Å²) in [4.78, 5) is 0. The van der Waals surface area contributed by atoms with Crippen LogP contribution in [-0.2, 0) is 36.0 Å². The summed E-state index contributed by atoms with van der Waals surface area (Å²) in [5, 5.41) is 0. The van der Waals surface area contributed by atoms with Crippen molar-refractivity contribution in [3.05, 3.63) is 0 Å². The fraction of sp³-hybridized carbons (Fsp3) is 1.00. The Balaban J connectivity index is 1.68. The molecule has 2 rings (SSSR count). The van der Waals surface area contributed by atoms with Crippen molar-refractivity contribution in [1.82, 2.24) is 0 Å². The standard InChI is InChI=1S/C19H40O8SSi2/c1-20-15-16-21-8-7-19-30(26-13-6-14-27-30)25-12-5-11-24-29(18-3-2-17-28)22-9-4-10-23-29/h28H,2-19H2,1H3. The smallest absolute Gasteiger partial charge is 0.382 e. The van der Waals surface area contributed by atoms with Crippen molar-refractivity contribution in [2.24, 2.45) is 0 Å². The number of hydrogen-bond acceptors (Lipinski definition) is 9. The van der Waals surface area contributed by atoms with Crippen LogP contribution >= 0.6 is 12.6 Å². The molecular formula is C19H40O8SSi2. The first-order valence-electron chi connectivity index (χ1n) is 11.3. The largest absolute Gasteiger partial charge is 0.501 e. The maximum absolute atomic E-state index is 6.18. The molecule has 2 saturated heterocycles. The van der Waals surface area contributed by atoms with Crippen molar-refractivity contribution in [3.63, 3.8) is 0 Å². The molecule has 2 fully saturated rings. The van der Waals surface area contributed by atoms with E-state index < -0.39 is 17.6 Å². The Kier molecular flexibility index (Phi) is 14.4. The highest BCUT2D eigenvalue weighted by Gasteiger charge is 2.44. The highest BCUT2D eigenvalue weighted by molar-refractivity contribution is 7.80. The monoisotopic (exact) mass is 484 g/mol. The maximum atomic E-state index is 6.18. The Morgan fingerprint density at radius 1 is 0.667 bits per heavy atom. The Hall–Kier alpha value is 0.464. The van der Waals surface area contributed by atoms with Crippen LogP contribution in [-0.4, -0.2) is 89.9 Å². The summed E-state index contributed by atoms with van der Waals surface area (Å²) in [5.41, 5.74) is 0. The molecule has 2 aliphatic heterocycles. The van der Waals surface area contributed by atoms with Gasteiger partial charge in [0.2, 0.25) is 0 Å². The molecule has 30 heavy (non-hydrogen) atoms. The molecule has 0 atom stereocenters. The minimum absolute atomic E-state index is 0.553. The van der Waals surface area contributed by atoms with Crippen molar-refractivity contribution in [2.75, 3.05) is 72.3 Å². The normalized spacial score (nSPS) is 21.0. The average molecular weight is 485 g/mol. The fourth-order valence-electron chi connectivity index (χ4n) is 3.31. The molecule has 0 bridgehead atoms. The molecular weight excluding hydrogens is 444 g/mol. The number of unbranched alkanes of at least 4 members (excludes halogenated alkanes) is 1. The van der Waals surface area contributed by atoms with Crippen LogP contribution in [0.1, 0.15) is 38.5 Å². The SMILES string of the molecule is COCCOCCC[Si]1(OCCCO[Si]2(CCCCS)OCCCO2)OCCCO1. The molecule has 0 unspecified atom stereocenters. The van der Waals surface area contributed by atoms with E-state index in [0.717, 1.165) is 69.6 Å². The highest BCUT2D eigenvalue weighted by atomic mass is 32.1. The molecule has 178 valence electrons. The van der Waals surface area contributed by atoms with E-state index in [1.54, 1.807) is 7.11 Å². The third-order valence-electron chi connectivity index (χ3n) is 4.89. The van der Waals surface area contributed by atoms with E-state index >= 15 is 0 Å². The summed E-state index contributed by atoms with van der Waals surface area (Å²) < 4.78 is 46.9. The minimum Gasteiger partial charge on any atom is -0.382 e. The maximum Gasteiger partial charge on any atom is 0.501 e. The van der Waals surface area contributed by atoms with Gasteiger partial charge in [0.25, 0.3) is 0 Å². The zero-order chi connectivity index (χ0) is 21.4. The van der Waals surface area contributed by atoms with Gasteiger partial charge < -0.3 is 36.0 Å². The van der Waals surface area contributed by atoms with E-state index in [4.69, 9.17) is 36.0 Å². The van der Waals surface area contributed by atoms with E-state index in [9.17, 15) is 0 Å². The molecule has 2 heterocycles. The number of ether oxygens (including phenoxy) is 2. The van der Waals surface area contributed by atoms with Crippen molar-refractivity contribution >= 4 is 30.2 Å². The summed E-state index contributed by atoms with van der Waals surface area (Å²) in [6.07, 6.45) is 5.55. The van der Waals surface area contributed by atoms with Gasteiger partial charge in [-0.05, 0) is 44.3 Å². The van der Waals surface area contributed by atoms with Crippen molar-refractivity contribution in [3.8, 4) is 0 Å². The molecule has 8 nitrogen and oxygen atoms in total. The summed E-state index contributed by atoms with van der Waals surface area (Å²) in [6, 6.07) is 1.64. The van der Waals surface area contributed by atoms with E-state index in [0.29, 0.717) is 46.2 Å². The molecule has 0 spiro atoms. The first-order chi connectivity index (χ1) is 14.7. The lowest BCUT2D eigenvalue weighted by molar-refractivity contribution is 0.00549. The van der Waals surface area contributed by atoms with Gasteiger partial charge in [0.15, 0.2) is 0 Å². The lowest BCUT2D eigenvalue weighted by Crippen LogP contribution is -2.50. The van der Waals surface area contributed by atoms with Crippen molar-refractivity contribution < 1.29 is 36.0 Å². The summed E-state index contributed by atoms with van der Waals surface area (Å²) in [5.74, 6) is 0.877. The second kappa shape index (κ2) is 16.1. The molecule has 11 heteroatoms. The molecule has 0 aromatic carbocycles. The molecule has 0 saturated carbocycles. The van der Waals surface area contributed by atoms with Crippen LogP contribution in [0.25, 0.3) is 0 Å². The van der Waals surface area contributed by atoms with Crippen LogP contribution in [0, 0.1) is 0 Å². The first kappa shape index (κ1) is 26.7. The topological polar surface area (TPSA) is 73.8 Å². The van der Waals surface area contributed by atoms with Crippen molar-refractivity contribution in [2.45, 2.75) is 50.6 Å². The third kappa shape index (κ3) is 10.4. The predicted molar refractivity (Wildman–Crippen MR) is 121 cm³/mol. The van der Waals surface area contributed by atoms with Gasteiger partial charge in [0.05, 0.1) is 13.2 Å². The number of hydrogen-bond donors (Lipinski definition) is 1. The summed E-state index contributed by atoms with van der Waals surface area (Å²) in [6.45, 7) is 5.86. The zero-order valence-electron chi connectivity index (χ0n) is 18.4. The molecule has 0 aromatic heterocycles. The molecule has 0 aromatic rings. The lowest BCUT2D eigenvalue weighted by atomic mass is 10.4. The summed E-state index contributed by atoms with van der Waals surface area (Å²) >= 11 is 4.29. The summed E-state index contributed by atoms with van der Waals surface area (Å²) in [7, 11) is -3.47.